The molecule has 0 unspecified atom stereocenters. The van der Waals surface area contributed by atoms with Crippen LogP contribution in [0.15, 0.2) is 47.5 Å². The smallest absolute Gasteiger partial charge is 0.262 e. The molecular weight excluding hydrogens is 298 g/mol. The van der Waals surface area contributed by atoms with E-state index in [0.29, 0.717) is 17.5 Å². The maximum atomic E-state index is 11.1. The van der Waals surface area contributed by atoms with Crippen LogP contribution in [0.25, 0.3) is 0 Å². The standard InChI is InChI=1S/C14H14ClNO3S/c1-10(2)11-3-5-12(6-4-11)19-14-8-7-13(9-16-14)20(15,17)18/h3-10H,1-2H3. The third-order valence-corrected chi connectivity index (χ3v) is 4.10. The normalized spacial score (nSPS) is 11.6. The number of hydrogen-bond donors (Lipinski definition) is 0. The summed E-state index contributed by atoms with van der Waals surface area (Å²) in [6.07, 6.45) is 1.17. The Labute approximate surface area is 122 Å². The zero-order valence-electron chi connectivity index (χ0n) is 11.1. The van der Waals surface area contributed by atoms with Gasteiger partial charge in [0.15, 0.2) is 0 Å². The average molecular weight is 312 g/mol. The molecule has 0 spiro atoms. The van der Waals surface area contributed by atoms with Crippen molar-refractivity contribution in [1.82, 2.24) is 4.98 Å². The molecule has 4 nitrogen and oxygen atoms in total. The third kappa shape index (κ3) is 3.71. The minimum absolute atomic E-state index is 0.0540. The predicted octanol–water partition coefficient (Wildman–Crippen LogP) is 3.92. The first-order valence-electron chi connectivity index (χ1n) is 6.05. The lowest BCUT2D eigenvalue weighted by Gasteiger charge is -2.08. The molecule has 0 saturated heterocycles. The van der Waals surface area contributed by atoms with Crippen LogP contribution in [0.1, 0.15) is 25.3 Å². The van der Waals surface area contributed by atoms with E-state index in [9.17, 15) is 8.42 Å². The van der Waals surface area contributed by atoms with E-state index in [1.54, 1.807) is 0 Å². The van der Waals surface area contributed by atoms with Crippen LogP contribution in [-0.4, -0.2) is 13.4 Å². The fourth-order valence-corrected chi connectivity index (χ4v) is 2.30. The summed E-state index contributed by atoms with van der Waals surface area (Å²) < 4.78 is 27.7. The van der Waals surface area contributed by atoms with Gasteiger partial charge < -0.3 is 4.74 Å². The van der Waals surface area contributed by atoms with E-state index < -0.39 is 9.05 Å². The summed E-state index contributed by atoms with van der Waals surface area (Å²) in [5.74, 6) is 1.41. The van der Waals surface area contributed by atoms with Gasteiger partial charge in [-0.2, -0.15) is 0 Å². The molecule has 0 bridgehead atoms. The van der Waals surface area contributed by atoms with Crippen LogP contribution in [-0.2, 0) is 9.05 Å². The number of benzene rings is 1. The van der Waals surface area contributed by atoms with Crippen LogP contribution >= 0.6 is 10.7 Å². The van der Waals surface area contributed by atoms with Gasteiger partial charge in [-0.05, 0) is 29.7 Å². The minimum atomic E-state index is -3.75. The van der Waals surface area contributed by atoms with Gasteiger partial charge in [-0.3, -0.25) is 0 Å². The van der Waals surface area contributed by atoms with E-state index in [0.717, 1.165) is 0 Å². The highest BCUT2D eigenvalue weighted by Crippen LogP contribution is 2.23. The molecule has 0 fully saturated rings. The number of pyridine rings is 1. The molecular formula is C14H14ClNO3S. The van der Waals surface area contributed by atoms with E-state index in [2.05, 4.69) is 18.8 Å². The molecule has 0 aliphatic heterocycles. The van der Waals surface area contributed by atoms with Gasteiger partial charge in [0.05, 0.1) is 6.20 Å². The zero-order chi connectivity index (χ0) is 14.8. The van der Waals surface area contributed by atoms with E-state index in [1.165, 1.54) is 23.9 Å². The lowest BCUT2D eigenvalue weighted by atomic mass is 10.0. The summed E-state index contributed by atoms with van der Waals surface area (Å²) in [5, 5.41) is 0. The van der Waals surface area contributed by atoms with Gasteiger partial charge in [0.1, 0.15) is 10.6 Å². The van der Waals surface area contributed by atoms with Gasteiger partial charge in [-0.15, -0.1) is 0 Å². The summed E-state index contributed by atoms with van der Waals surface area (Å²) in [6.45, 7) is 4.23. The van der Waals surface area contributed by atoms with Crippen molar-refractivity contribution in [3.8, 4) is 11.6 Å². The van der Waals surface area contributed by atoms with Crippen molar-refractivity contribution in [3.05, 3.63) is 48.2 Å². The van der Waals surface area contributed by atoms with Crippen molar-refractivity contribution in [3.63, 3.8) is 0 Å². The van der Waals surface area contributed by atoms with Gasteiger partial charge in [-0.1, -0.05) is 26.0 Å². The molecule has 1 aromatic heterocycles. The largest absolute Gasteiger partial charge is 0.439 e. The van der Waals surface area contributed by atoms with Crippen LogP contribution in [0.4, 0.5) is 0 Å². The highest BCUT2D eigenvalue weighted by atomic mass is 35.7. The third-order valence-electron chi connectivity index (χ3n) is 2.76. The van der Waals surface area contributed by atoms with Gasteiger partial charge in [0, 0.05) is 16.7 Å². The summed E-state index contributed by atoms with van der Waals surface area (Å²) >= 11 is 0. The second kappa shape index (κ2) is 5.81. The Morgan fingerprint density at radius 2 is 1.75 bits per heavy atom. The molecule has 0 aliphatic carbocycles. The van der Waals surface area contributed by atoms with Crippen molar-refractivity contribution in [2.75, 3.05) is 0 Å². The molecule has 0 radical (unpaired) electrons. The first-order valence-corrected chi connectivity index (χ1v) is 8.36. The predicted molar refractivity (Wildman–Crippen MR) is 77.9 cm³/mol. The molecule has 0 atom stereocenters. The second-order valence-corrected chi connectivity index (χ2v) is 7.16. The summed E-state index contributed by atoms with van der Waals surface area (Å²) in [7, 11) is 1.46. The Morgan fingerprint density at radius 3 is 2.20 bits per heavy atom. The monoisotopic (exact) mass is 311 g/mol. The van der Waals surface area contributed by atoms with Crippen LogP contribution in [0.2, 0.25) is 0 Å². The summed E-state index contributed by atoms with van der Waals surface area (Å²) in [6, 6.07) is 10.5. The molecule has 0 N–H and O–H groups in total. The Balaban J connectivity index is 2.14. The number of halogens is 1. The molecule has 0 aliphatic rings. The Morgan fingerprint density at radius 1 is 1.10 bits per heavy atom. The topological polar surface area (TPSA) is 56.3 Å². The second-order valence-electron chi connectivity index (χ2n) is 4.60. The van der Waals surface area contributed by atoms with Crippen LogP contribution < -0.4 is 4.74 Å². The van der Waals surface area contributed by atoms with E-state index >= 15 is 0 Å². The van der Waals surface area contributed by atoms with E-state index in [1.807, 2.05) is 24.3 Å². The number of hydrogen-bond acceptors (Lipinski definition) is 4. The van der Waals surface area contributed by atoms with Crippen molar-refractivity contribution in [2.45, 2.75) is 24.7 Å². The molecule has 20 heavy (non-hydrogen) atoms. The van der Waals surface area contributed by atoms with Crippen molar-refractivity contribution in [1.29, 1.82) is 0 Å². The molecule has 1 heterocycles. The molecule has 106 valence electrons. The first kappa shape index (κ1) is 14.8. The summed E-state index contributed by atoms with van der Waals surface area (Å²) in [4.78, 5) is 3.86. The van der Waals surface area contributed by atoms with Crippen molar-refractivity contribution >= 4 is 19.7 Å². The lowest BCUT2D eigenvalue weighted by molar-refractivity contribution is 0.461. The van der Waals surface area contributed by atoms with Crippen LogP contribution in [0, 0.1) is 0 Å². The Bertz CT molecular complexity index is 679. The lowest BCUT2D eigenvalue weighted by Crippen LogP contribution is -1.94. The van der Waals surface area contributed by atoms with Crippen LogP contribution in [0.3, 0.4) is 0 Å². The fourth-order valence-electron chi connectivity index (χ4n) is 1.61. The van der Waals surface area contributed by atoms with E-state index in [4.69, 9.17) is 15.4 Å². The quantitative estimate of drug-likeness (QED) is 0.803. The molecule has 2 rings (SSSR count). The maximum Gasteiger partial charge on any atom is 0.262 e. The highest BCUT2D eigenvalue weighted by Gasteiger charge is 2.10. The minimum Gasteiger partial charge on any atom is -0.439 e. The average Bonchev–Trinajstić information content (AvgIpc) is 2.39. The highest BCUT2D eigenvalue weighted by molar-refractivity contribution is 8.13. The van der Waals surface area contributed by atoms with Crippen LogP contribution in [0.5, 0.6) is 11.6 Å². The summed E-state index contributed by atoms with van der Waals surface area (Å²) in [5.41, 5.74) is 1.22. The number of nitrogens with zero attached hydrogens (tertiary/aromatic N) is 1. The molecule has 0 amide bonds. The zero-order valence-corrected chi connectivity index (χ0v) is 12.6. The SMILES string of the molecule is CC(C)c1ccc(Oc2ccc(S(=O)(=O)Cl)cn2)cc1. The number of aromatic nitrogens is 1. The number of ether oxygens (including phenoxy) is 1. The van der Waals surface area contributed by atoms with Crippen molar-refractivity contribution in [2.24, 2.45) is 0 Å². The molecule has 1 aromatic carbocycles. The van der Waals surface area contributed by atoms with Gasteiger partial charge in [0.25, 0.3) is 9.05 Å². The Hall–Kier alpha value is -1.59. The van der Waals surface area contributed by atoms with Gasteiger partial charge >= 0.3 is 0 Å². The first-order chi connectivity index (χ1) is 9.36. The van der Waals surface area contributed by atoms with E-state index in [-0.39, 0.29) is 4.90 Å². The maximum absolute atomic E-state index is 11.1. The number of rotatable bonds is 4. The Kier molecular flexibility index (Phi) is 4.30. The fraction of sp³-hybridized carbons (Fsp3) is 0.214. The van der Waals surface area contributed by atoms with Gasteiger partial charge in [0.2, 0.25) is 5.88 Å². The molecule has 0 saturated carbocycles. The van der Waals surface area contributed by atoms with Crippen molar-refractivity contribution < 1.29 is 13.2 Å². The molecule has 2 aromatic rings. The van der Waals surface area contributed by atoms with Gasteiger partial charge in [-0.25, -0.2) is 13.4 Å². The molecule has 6 heteroatoms.